The summed E-state index contributed by atoms with van der Waals surface area (Å²) in [5, 5.41) is 23.2. The van der Waals surface area contributed by atoms with Crippen molar-refractivity contribution in [1.82, 2.24) is 5.32 Å². The van der Waals surface area contributed by atoms with E-state index in [1.165, 1.54) is 0 Å². The van der Waals surface area contributed by atoms with Gasteiger partial charge in [-0.2, -0.15) is 0 Å². The summed E-state index contributed by atoms with van der Waals surface area (Å²) >= 11 is 0. The van der Waals surface area contributed by atoms with Crippen LogP contribution in [0.2, 0.25) is 0 Å². The minimum atomic E-state index is -1.21. The average Bonchev–Trinajstić information content (AvgIpc) is 3.25. The maximum Gasteiger partial charge on any atom is 0.407 e. The molecular weight excluding hydrogens is 350 g/mol. The van der Waals surface area contributed by atoms with Crippen LogP contribution in [0.1, 0.15) is 29.1 Å². The number of amides is 1. The first-order valence-corrected chi connectivity index (χ1v) is 8.78. The fourth-order valence-electron chi connectivity index (χ4n) is 2.81. The van der Waals surface area contributed by atoms with Gasteiger partial charge in [-0.05, 0) is 11.1 Å². The SMILES string of the molecule is O=C(NCC(O)C(O)c1ccccc1C1OCCO1)OCc1ccccc1. The van der Waals surface area contributed by atoms with E-state index >= 15 is 0 Å². The molecule has 144 valence electrons. The van der Waals surface area contributed by atoms with Crippen LogP contribution >= 0.6 is 0 Å². The molecule has 1 aliphatic heterocycles. The van der Waals surface area contributed by atoms with E-state index in [1.54, 1.807) is 18.2 Å². The van der Waals surface area contributed by atoms with Gasteiger partial charge < -0.3 is 29.7 Å². The highest BCUT2D eigenvalue weighted by atomic mass is 16.7. The van der Waals surface area contributed by atoms with Crippen LogP contribution in [0.3, 0.4) is 0 Å². The fourth-order valence-corrected chi connectivity index (χ4v) is 2.81. The van der Waals surface area contributed by atoms with E-state index in [0.29, 0.717) is 24.3 Å². The van der Waals surface area contributed by atoms with Gasteiger partial charge in [0.2, 0.25) is 0 Å². The summed E-state index contributed by atoms with van der Waals surface area (Å²) in [6.07, 6.45) is -3.65. The Balaban J connectivity index is 1.52. The number of benzene rings is 2. The zero-order chi connectivity index (χ0) is 19.1. The predicted molar refractivity (Wildman–Crippen MR) is 96.7 cm³/mol. The third kappa shape index (κ3) is 5.27. The van der Waals surface area contributed by atoms with Crippen LogP contribution < -0.4 is 5.32 Å². The Morgan fingerprint density at radius 1 is 1.07 bits per heavy atom. The molecule has 27 heavy (non-hydrogen) atoms. The molecule has 1 amide bonds. The molecule has 2 atom stereocenters. The molecule has 0 saturated carbocycles. The van der Waals surface area contributed by atoms with Crippen molar-refractivity contribution in [2.45, 2.75) is 25.1 Å². The molecule has 0 spiro atoms. The molecule has 2 aromatic rings. The first kappa shape index (κ1) is 19.3. The number of rotatable bonds is 7. The van der Waals surface area contributed by atoms with Crippen LogP contribution in [0.25, 0.3) is 0 Å². The van der Waals surface area contributed by atoms with Crippen LogP contribution in [-0.4, -0.2) is 42.2 Å². The van der Waals surface area contributed by atoms with Gasteiger partial charge in [0.15, 0.2) is 6.29 Å². The number of aliphatic hydroxyl groups excluding tert-OH is 2. The van der Waals surface area contributed by atoms with E-state index < -0.39 is 24.6 Å². The lowest BCUT2D eigenvalue weighted by Crippen LogP contribution is -2.36. The van der Waals surface area contributed by atoms with Gasteiger partial charge in [-0.15, -0.1) is 0 Å². The highest BCUT2D eigenvalue weighted by molar-refractivity contribution is 5.67. The number of carbonyl (C=O) groups excluding carboxylic acids is 1. The van der Waals surface area contributed by atoms with E-state index in [0.717, 1.165) is 5.56 Å². The van der Waals surface area contributed by atoms with Crippen molar-refractivity contribution in [2.75, 3.05) is 19.8 Å². The molecule has 0 aromatic heterocycles. The zero-order valence-electron chi connectivity index (χ0n) is 14.8. The van der Waals surface area contributed by atoms with E-state index in [2.05, 4.69) is 5.32 Å². The molecule has 1 aliphatic rings. The Hall–Kier alpha value is -2.45. The maximum atomic E-state index is 11.8. The van der Waals surface area contributed by atoms with Crippen molar-refractivity contribution in [3.05, 3.63) is 71.3 Å². The molecule has 3 N–H and O–H groups in total. The second-order valence-electron chi connectivity index (χ2n) is 6.16. The second-order valence-corrected chi connectivity index (χ2v) is 6.16. The highest BCUT2D eigenvalue weighted by Gasteiger charge is 2.27. The van der Waals surface area contributed by atoms with E-state index in [-0.39, 0.29) is 13.2 Å². The molecule has 3 rings (SSSR count). The molecule has 0 radical (unpaired) electrons. The highest BCUT2D eigenvalue weighted by Crippen LogP contribution is 2.30. The Bertz CT molecular complexity index is 732. The molecule has 0 aliphatic carbocycles. The molecule has 0 bridgehead atoms. The van der Waals surface area contributed by atoms with Crippen molar-refractivity contribution < 1.29 is 29.2 Å². The largest absolute Gasteiger partial charge is 0.445 e. The summed E-state index contributed by atoms with van der Waals surface area (Å²) < 4.78 is 16.0. The Kier molecular flexibility index (Phi) is 6.78. The summed E-state index contributed by atoms with van der Waals surface area (Å²) in [6, 6.07) is 16.3. The standard InChI is InChI=1S/C20H23NO6/c22-17(12-21-20(24)27-13-14-6-2-1-3-7-14)18(23)15-8-4-5-9-16(15)19-25-10-11-26-19/h1-9,17-19,22-23H,10-13H2,(H,21,24). The average molecular weight is 373 g/mol. The number of ether oxygens (including phenoxy) is 3. The number of aliphatic hydroxyl groups is 2. The molecule has 1 heterocycles. The monoisotopic (exact) mass is 373 g/mol. The van der Waals surface area contributed by atoms with Gasteiger partial charge in [0, 0.05) is 12.1 Å². The van der Waals surface area contributed by atoms with Crippen LogP contribution in [0.5, 0.6) is 0 Å². The smallest absolute Gasteiger partial charge is 0.407 e. The number of nitrogens with one attached hydrogen (secondary N) is 1. The number of alkyl carbamates (subject to hydrolysis) is 1. The van der Waals surface area contributed by atoms with E-state index in [4.69, 9.17) is 14.2 Å². The van der Waals surface area contributed by atoms with Gasteiger partial charge in [0.05, 0.1) is 13.2 Å². The van der Waals surface area contributed by atoms with Crippen LogP contribution in [0.4, 0.5) is 4.79 Å². The van der Waals surface area contributed by atoms with Crippen LogP contribution in [0.15, 0.2) is 54.6 Å². The van der Waals surface area contributed by atoms with Crippen molar-refractivity contribution in [3.8, 4) is 0 Å². The third-order valence-corrected chi connectivity index (χ3v) is 4.22. The van der Waals surface area contributed by atoms with Gasteiger partial charge in [0.25, 0.3) is 0 Å². The summed E-state index contributed by atoms with van der Waals surface area (Å²) in [5.74, 6) is 0. The molecule has 1 saturated heterocycles. The quantitative estimate of drug-likeness (QED) is 0.687. The van der Waals surface area contributed by atoms with Gasteiger partial charge >= 0.3 is 6.09 Å². The van der Waals surface area contributed by atoms with Crippen molar-refractivity contribution in [2.24, 2.45) is 0 Å². The third-order valence-electron chi connectivity index (χ3n) is 4.22. The van der Waals surface area contributed by atoms with Crippen molar-refractivity contribution >= 4 is 6.09 Å². The molecule has 1 fully saturated rings. The normalized spacial score (nSPS) is 16.7. The van der Waals surface area contributed by atoms with Crippen LogP contribution in [-0.2, 0) is 20.8 Å². The molecule has 2 aromatic carbocycles. The van der Waals surface area contributed by atoms with Gasteiger partial charge in [-0.25, -0.2) is 4.79 Å². The Morgan fingerprint density at radius 2 is 1.74 bits per heavy atom. The summed E-state index contributed by atoms with van der Waals surface area (Å²) in [7, 11) is 0. The number of carbonyl (C=O) groups is 1. The van der Waals surface area contributed by atoms with Crippen molar-refractivity contribution in [3.63, 3.8) is 0 Å². The molecular formula is C20H23NO6. The minimum absolute atomic E-state index is 0.129. The van der Waals surface area contributed by atoms with Crippen molar-refractivity contribution in [1.29, 1.82) is 0 Å². The lowest BCUT2D eigenvalue weighted by molar-refractivity contribution is -0.0485. The first-order valence-electron chi connectivity index (χ1n) is 8.78. The lowest BCUT2D eigenvalue weighted by Gasteiger charge is -2.22. The minimum Gasteiger partial charge on any atom is -0.445 e. The second kappa shape index (κ2) is 9.48. The van der Waals surface area contributed by atoms with Gasteiger partial charge in [-0.3, -0.25) is 0 Å². The topological polar surface area (TPSA) is 97.3 Å². The zero-order valence-corrected chi connectivity index (χ0v) is 14.8. The Morgan fingerprint density at radius 3 is 2.48 bits per heavy atom. The summed E-state index contributed by atoms with van der Waals surface area (Å²) in [5.41, 5.74) is 2.02. The van der Waals surface area contributed by atoms with E-state index in [9.17, 15) is 15.0 Å². The molecule has 2 unspecified atom stereocenters. The Labute approximate surface area is 157 Å². The summed E-state index contributed by atoms with van der Waals surface area (Å²) in [4.78, 5) is 11.8. The number of hydrogen-bond donors (Lipinski definition) is 3. The first-order chi connectivity index (χ1) is 13.1. The van der Waals surface area contributed by atoms with Gasteiger partial charge in [-0.1, -0.05) is 54.6 Å². The van der Waals surface area contributed by atoms with E-state index in [1.807, 2.05) is 36.4 Å². The molecule has 7 nitrogen and oxygen atoms in total. The fraction of sp³-hybridized carbons (Fsp3) is 0.350. The molecule has 7 heteroatoms. The van der Waals surface area contributed by atoms with Gasteiger partial charge in [0.1, 0.15) is 18.8 Å². The summed E-state index contributed by atoms with van der Waals surface area (Å²) in [6.45, 7) is 0.930. The van der Waals surface area contributed by atoms with Crippen LogP contribution in [0, 0.1) is 0 Å². The lowest BCUT2D eigenvalue weighted by atomic mass is 9.98. The maximum absolute atomic E-state index is 11.8. The number of hydrogen-bond acceptors (Lipinski definition) is 6. The predicted octanol–water partition coefficient (Wildman–Crippen LogP) is 2.05.